The van der Waals surface area contributed by atoms with Gasteiger partial charge in [-0.3, -0.25) is 0 Å². The second kappa shape index (κ2) is 4.71. The smallest absolute Gasteiger partial charge is 0.126 e. The van der Waals surface area contributed by atoms with Gasteiger partial charge in [0.05, 0.1) is 0 Å². The average molecular weight is 211 g/mol. The first-order valence-corrected chi connectivity index (χ1v) is 5.40. The van der Waals surface area contributed by atoms with Crippen LogP contribution < -0.4 is 5.32 Å². The number of benzene rings is 1. The van der Waals surface area contributed by atoms with E-state index < -0.39 is 11.6 Å². The maximum absolute atomic E-state index is 12.8. The lowest BCUT2D eigenvalue weighted by atomic mass is 10.1. The van der Waals surface area contributed by atoms with Gasteiger partial charge in [-0.2, -0.15) is 0 Å². The van der Waals surface area contributed by atoms with Crippen LogP contribution in [0.25, 0.3) is 0 Å². The van der Waals surface area contributed by atoms with Gasteiger partial charge in [0.15, 0.2) is 0 Å². The summed E-state index contributed by atoms with van der Waals surface area (Å²) >= 11 is 0. The van der Waals surface area contributed by atoms with Crippen LogP contribution >= 0.6 is 0 Å². The molecule has 0 heterocycles. The van der Waals surface area contributed by atoms with Gasteiger partial charge in [-0.1, -0.05) is 0 Å². The third-order valence-electron chi connectivity index (χ3n) is 2.64. The minimum Gasteiger partial charge on any atom is -0.316 e. The fourth-order valence-electron chi connectivity index (χ4n) is 1.62. The van der Waals surface area contributed by atoms with Crippen LogP contribution in [0.5, 0.6) is 0 Å². The topological polar surface area (TPSA) is 12.0 Å². The van der Waals surface area contributed by atoms with E-state index in [1.54, 1.807) is 0 Å². The molecule has 1 saturated carbocycles. The van der Waals surface area contributed by atoms with E-state index in [0.717, 1.165) is 30.6 Å². The average Bonchev–Trinajstić information content (AvgIpc) is 2.94. The Morgan fingerprint density at radius 3 is 2.40 bits per heavy atom. The summed E-state index contributed by atoms with van der Waals surface area (Å²) in [5, 5.41) is 3.29. The lowest BCUT2D eigenvalue weighted by Gasteiger charge is -2.04. The van der Waals surface area contributed by atoms with Gasteiger partial charge >= 0.3 is 0 Å². The molecule has 0 aromatic heterocycles. The van der Waals surface area contributed by atoms with Gasteiger partial charge < -0.3 is 5.32 Å². The first kappa shape index (κ1) is 10.6. The zero-order chi connectivity index (χ0) is 10.7. The minimum atomic E-state index is -0.493. The molecular weight excluding hydrogens is 196 g/mol. The number of hydrogen-bond acceptors (Lipinski definition) is 1. The summed E-state index contributed by atoms with van der Waals surface area (Å²) in [6, 6.07) is 3.69. The zero-order valence-corrected chi connectivity index (χ0v) is 8.60. The standard InChI is InChI=1S/C12H15F2N/c13-11-5-10(6-12(14)7-11)3-4-15-8-9-1-2-9/h5-7,9,15H,1-4,8H2. The van der Waals surface area contributed by atoms with Crippen LogP contribution in [0.1, 0.15) is 18.4 Å². The largest absolute Gasteiger partial charge is 0.316 e. The molecule has 0 aliphatic heterocycles. The Kier molecular flexibility index (Phi) is 3.31. The minimum absolute atomic E-state index is 0.493. The molecule has 15 heavy (non-hydrogen) atoms. The molecule has 3 heteroatoms. The van der Waals surface area contributed by atoms with Crippen molar-refractivity contribution in [3.05, 3.63) is 35.4 Å². The molecular formula is C12H15F2N. The first-order chi connectivity index (χ1) is 7.24. The van der Waals surface area contributed by atoms with Crippen molar-refractivity contribution in [2.24, 2.45) is 5.92 Å². The molecule has 2 rings (SSSR count). The zero-order valence-electron chi connectivity index (χ0n) is 8.60. The van der Waals surface area contributed by atoms with Crippen molar-refractivity contribution in [1.29, 1.82) is 0 Å². The van der Waals surface area contributed by atoms with E-state index in [-0.39, 0.29) is 0 Å². The Morgan fingerprint density at radius 1 is 1.13 bits per heavy atom. The van der Waals surface area contributed by atoms with Crippen molar-refractivity contribution >= 4 is 0 Å². The Bertz CT molecular complexity index is 314. The quantitative estimate of drug-likeness (QED) is 0.738. The predicted molar refractivity (Wildman–Crippen MR) is 55.7 cm³/mol. The fraction of sp³-hybridized carbons (Fsp3) is 0.500. The third-order valence-corrected chi connectivity index (χ3v) is 2.64. The molecule has 1 N–H and O–H groups in total. The Morgan fingerprint density at radius 2 is 1.80 bits per heavy atom. The predicted octanol–water partition coefficient (Wildman–Crippen LogP) is 2.51. The van der Waals surface area contributed by atoms with Gasteiger partial charge in [-0.15, -0.1) is 0 Å². The molecule has 0 amide bonds. The molecule has 0 atom stereocenters. The summed E-state index contributed by atoms with van der Waals surface area (Å²) in [4.78, 5) is 0. The number of nitrogens with one attached hydrogen (secondary N) is 1. The molecule has 0 radical (unpaired) electrons. The number of rotatable bonds is 5. The van der Waals surface area contributed by atoms with E-state index in [4.69, 9.17) is 0 Å². The highest BCUT2D eigenvalue weighted by atomic mass is 19.1. The summed E-state index contributed by atoms with van der Waals surface area (Å²) in [5.74, 6) is -0.145. The Hall–Kier alpha value is -0.960. The van der Waals surface area contributed by atoms with Crippen LogP contribution in [0.15, 0.2) is 18.2 Å². The highest BCUT2D eigenvalue weighted by Gasteiger charge is 2.19. The van der Waals surface area contributed by atoms with Crippen molar-refractivity contribution in [3.63, 3.8) is 0 Å². The lowest BCUT2D eigenvalue weighted by molar-refractivity contribution is 0.576. The van der Waals surface area contributed by atoms with Crippen LogP contribution in [-0.2, 0) is 6.42 Å². The molecule has 0 saturated heterocycles. The van der Waals surface area contributed by atoms with Gasteiger partial charge in [0.25, 0.3) is 0 Å². The van der Waals surface area contributed by atoms with Crippen LogP contribution in [0.4, 0.5) is 8.78 Å². The third kappa shape index (κ3) is 3.59. The van der Waals surface area contributed by atoms with Gasteiger partial charge in [-0.05, 0) is 56.0 Å². The van der Waals surface area contributed by atoms with Crippen LogP contribution in [0, 0.1) is 17.6 Å². The summed E-state index contributed by atoms with van der Waals surface area (Å²) in [6.45, 7) is 1.83. The molecule has 1 aromatic rings. The van der Waals surface area contributed by atoms with Crippen molar-refractivity contribution in [2.75, 3.05) is 13.1 Å². The van der Waals surface area contributed by atoms with E-state index in [0.29, 0.717) is 6.42 Å². The van der Waals surface area contributed by atoms with E-state index in [9.17, 15) is 8.78 Å². The molecule has 0 unspecified atom stereocenters. The maximum Gasteiger partial charge on any atom is 0.126 e. The highest BCUT2D eigenvalue weighted by molar-refractivity contribution is 5.18. The monoisotopic (exact) mass is 211 g/mol. The molecule has 0 spiro atoms. The molecule has 0 bridgehead atoms. The number of halogens is 2. The van der Waals surface area contributed by atoms with Crippen molar-refractivity contribution in [1.82, 2.24) is 5.32 Å². The fourth-order valence-corrected chi connectivity index (χ4v) is 1.62. The Labute approximate surface area is 88.5 Å². The SMILES string of the molecule is Fc1cc(F)cc(CCNCC2CC2)c1. The molecule has 1 aliphatic carbocycles. The summed E-state index contributed by atoms with van der Waals surface area (Å²) in [7, 11) is 0. The molecule has 1 fully saturated rings. The van der Waals surface area contributed by atoms with Gasteiger partial charge in [0.1, 0.15) is 11.6 Å². The van der Waals surface area contributed by atoms with Gasteiger partial charge in [0, 0.05) is 6.07 Å². The second-order valence-corrected chi connectivity index (χ2v) is 4.18. The van der Waals surface area contributed by atoms with E-state index in [1.165, 1.54) is 25.0 Å². The molecule has 1 aromatic carbocycles. The Balaban J connectivity index is 1.76. The van der Waals surface area contributed by atoms with Crippen LogP contribution in [0.2, 0.25) is 0 Å². The van der Waals surface area contributed by atoms with Gasteiger partial charge in [-0.25, -0.2) is 8.78 Å². The maximum atomic E-state index is 12.8. The van der Waals surface area contributed by atoms with Crippen molar-refractivity contribution < 1.29 is 8.78 Å². The summed E-state index contributed by atoms with van der Waals surface area (Å²) in [5.41, 5.74) is 0.718. The first-order valence-electron chi connectivity index (χ1n) is 5.40. The molecule has 82 valence electrons. The van der Waals surface area contributed by atoms with E-state index in [1.807, 2.05) is 0 Å². The highest BCUT2D eigenvalue weighted by Crippen LogP contribution is 2.27. The van der Waals surface area contributed by atoms with Crippen molar-refractivity contribution in [3.8, 4) is 0 Å². The number of hydrogen-bond donors (Lipinski definition) is 1. The molecule has 1 nitrogen and oxygen atoms in total. The normalized spacial score (nSPS) is 15.6. The van der Waals surface area contributed by atoms with E-state index >= 15 is 0 Å². The van der Waals surface area contributed by atoms with Crippen LogP contribution in [0.3, 0.4) is 0 Å². The lowest BCUT2D eigenvalue weighted by Crippen LogP contribution is -2.19. The van der Waals surface area contributed by atoms with Gasteiger partial charge in [0.2, 0.25) is 0 Å². The van der Waals surface area contributed by atoms with Crippen LogP contribution in [-0.4, -0.2) is 13.1 Å². The van der Waals surface area contributed by atoms with E-state index in [2.05, 4.69) is 5.32 Å². The second-order valence-electron chi connectivity index (χ2n) is 4.18. The van der Waals surface area contributed by atoms with Crippen molar-refractivity contribution in [2.45, 2.75) is 19.3 Å². The molecule has 1 aliphatic rings. The summed E-state index contributed by atoms with van der Waals surface area (Å²) < 4.78 is 25.6. The summed E-state index contributed by atoms with van der Waals surface area (Å²) in [6.07, 6.45) is 3.32.